The average molecular weight is 405 g/mol. The summed E-state index contributed by atoms with van der Waals surface area (Å²) in [5.41, 5.74) is 3.11. The van der Waals surface area contributed by atoms with Crippen LogP contribution in [0.15, 0.2) is 49.1 Å². The number of rotatable bonds is 7. The van der Waals surface area contributed by atoms with Crippen LogP contribution in [0, 0.1) is 23.7 Å². The SMILES string of the molecule is C=CC1C=CC(c2ccc(C3CCC(C4CCC(CCCC)CC4)CC3)cc2)CC1. The number of allylic oxidation sites excluding steroid dienone is 3. The summed E-state index contributed by atoms with van der Waals surface area (Å²) in [6.45, 7) is 6.28. The van der Waals surface area contributed by atoms with Crippen molar-refractivity contribution in [2.24, 2.45) is 23.7 Å². The Morgan fingerprint density at radius 3 is 1.97 bits per heavy atom. The molecule has 3 aliphatic rings. The van der Waals surface area contributed by atoms with Crippen molar-refractivity contribution in [1.82, 2.24) is 0 Å². The third-order valence-electron chi connectivity index (χ3n) is 8.84. The molecule has 164 valence electrons. The van der Waals surface area contributed by atoms with Crippen molar-refractivity contribution in [3.63, 3.8) is 0 Å². The molecule has 2 atom stereocenters. The summed E-state index contributed by atoms with van der Waals surface area (Å²) in [5, 5.41) is 0. The zero-order chi connectivity index (χ0) is 20.8. The second kappa shape index (κ2) is 10.8. The molecule has 2 fully saturated rings. The van der Waals surface area contributed by atoms with E-state index >= 15 is 0 Å². The van der Waals surface area contributed by atoms with E-state index in [9.17, 15) is 0 Å². The highest BCUT2D eigenvalue weighted by Gasteiger charge is 2.31. The molecule has 1 aromatic rings. The number of hydrogen-bond acceptors (Lipinski definition) is 0. The lowest BCUT2D eigenvalue weighted by atomic mass is 9.68. The topological polar surface area (TPSA) is 0 Å². The molecule has 2 saturated carbocycles. The molecule has 2 unspecified atom stereocenters. The van der Waals surface area contributed by atoms with Gasteiger partial charge in [0.25, 0.3) is 0 Å². The Labute approximate surface area is 186 Å². The van der Waals surface area contributed by atoms with Crippen LogP contribution in [0.5, 0.6) is 0 Å². The molecule has 1 aromatic carbocycles. The van der Waals surface area contributed by atoms with Crippen molar-refractivity contribution >= 4 is 0 Å². The van der Waals surface area contributed by atoms with E-state index < -0.39 is 0 Å². The molecule has 0 amide bonds. The molecule has 3 aliphatic carbocycles. The third-order valence-corrected chi connectivity index (χ3v) is 8.84. The highest BCUT2D eigenvalue weighted by atomic mass is 14.4. The first-order valence-electron chi connectivity index (χ1n) is 13.2. The minimum absolute atomic E-state index is 0.585. The highest BCUT2D eigenvalue weighted by Crippen LogP contribution is 2.44. The van der Waals surface area contributed by atoms with Crippen LogP contribution in [0.3, 0.4) is 0 Å². The molecule has 0 aromatic heterocycles. The lowest BCUT2D eigenvalue weighted by Gasteiger charge is -2.38. The van der Waals surface area contributed by atoms with Crippen molar-refractivity contribution in [3.8, 4) is 0 Å². The Kier molecular flexibility index (Phi) is 7.91. The Balaban J connectivity index is 1.24. The molecule has 0 heterocycles. The normalized spacial score (nSPS) is 34.6. The molecule has 30 heavy (non-hydrogen) atoms. The summed E-state index contributed by atoms with van der Waals surface area (Å²) in [4.78, 5) is 0. The molecule has 0 spiro atoms. The average Bonchev–Trinajstić information content (AvgIpc) is 2.83. The third kappa shape index (κ3) is 5.49. The van der Waals surface area contributed by atoms with Gasteiger partial charge in [-0.05, 0) is 92.1 Å². The van der Waals surface area contributed by atoms with Crippen molar-refractivity contribution in [1.29, 1.82) is 0 Å². The smallest absolute Gasteiger partial charge is 0.00185 e. The van der Waals surface area contributed by atoms with Crippen molar-refractivity contribution in [2.75, 3.05) is 0 Å². The molecular weight excluding hydrogens is 360 g/mol. The van der Waals surface area contributed by atoms with Gasteiger partial charge in [-0.15, -0.1) is 6.58 Å². The molecule has 0 heteroatoms. The molecule has 0 nitrogen and oxygen atoms in total. The van der Waals surface area contributed by atoms with Crippen LogP contribution in [0.4, 0.5) is 0 Å². The minimum atomic E-state index is 0.585. The van der Waals surface area contributed by atoms with Gasteiger partial charge in [0.2, 0.25) is 0 Å². The van der Waals surface area contributed by atoms with Gasteiger partial charge < -0.3 is 0 Å². The minimum Gasteiger partial charge on any atom is -0.102 e. The van der Waals surface area contributed by atoms with Crippen LogP contribution in [0.1, 0.15) is 113 Å². The fraction of sp³-hybridized carbons (Fsp3) is 0.667. The van der Waals surface area contributed by atoms with E-state index in [1.165, 1.54) is 89.0 Å². The summed E-state index contributed by atoms with van der Waals surface area (Å²) in [5.74, 6) is 5.13. The fourth-order valence-corrected chi connectivity index (χ4v) is 6.70. The fourth-order valence-electron chi connectivity index (χ4n) is 6.70. The molecule has 0 aliphatic heterocycles. The van der Waals surface area contributed by atoms with Crippen LogP contribution in [-0.4, -0.2) is 0 Å². The van der Waals surface area contributed by atoms with Crippen molar-refractivity contribution in [2.45, 2.75) is 102 Å². The Hall–Kier alpha value is -1.30. The Morgan fingerprint density at radius 1 is 0.767 bits per heavy atom. The van der Waals surface area contributed by atoms with Gasteiger partial charge in [0.1, 0.15) is 0 Å². The quantitative estimate of drug-likeness (QED) is 0.397. The summed E-state index contributed by atoms with van der Waals surface area (Å²) in [6, 6.07) is 9.74. The molecule has 4 rings (SSSR count). The Bertz CT molecular complexity index is 664. The van der Waals surface area contributed by atoms with Gasteiger partial charge in [-0.2, -0.15) is 0 Å². The van der Waals surface area contributed by atoms with E-state index in [1.54, 1.807) is 5.56 Å². The van der Waals surface area contributed by atoms with Crippen LogP contribution < -0.4 is 0 Å². The molecule has 0 bridgehead atoms. The zero-order valence-electron chi connectivity index (χ0n) is 19.4. The van der Waals surface area contributed by atoms with Crippen LogP contribution >= 0.6 is 0 Å². The van der Waals surface area contributed by atoms with E-state index in [0.29, 0.717) is 11.8 Å². The molecule has 0 saturated heterocycles. The van der Waals surface area contributed by atoms with Crippen LogP contribution in [0.2, 0.25) is 0 Å². The van der Waals surface area contributed by atoms with Crippen LogP contribution in [-0.2, 0) is 0 Å². The first kappa shape index (κ1) is 21.9. The van der Waals surface area contributed by atoms with E-state index in [-0.39, 0.29) is 0 Å². The van der Waals surface area contributed by atoms with Gasteiger partial charge in [-0.1, -0.05) is 81.5 Å². The second-order valence-electron chi connectivity index (χ2n) is 10.7. The molecule has 0 N–H and O–H groups in total. The number of hydrogen-bond donors (Lipinski definition) is 0. The second-order valence-corrected chi connectivity index (χ2v) is 10.7. The number of unbranched alkanes of at least 4 members (excludes halogenated alkanes) is 1. The van der Waals surface area contributed by atoms with Gasteiger partial charge in [0.15, 0.2) is 0 Å². The van der Waals surface area contributed by atoms with Gasteiger partial charge in [-0.25, -0.2) is 0 Å². The van der Waals surface area contributed by atoms with E-state index in [2.05, 4.69) is 56.0 Å². The van der Waals surface area contributed by atoms with Crippen molar-refractivity contribution in [3.05, 3.63) is 60.2 Å². The lowest BCUT2D eigenvalue weighted by molar-refractivity contribution is 0.156. The number of benzene rings is 1. The van der Waals surface area contributed by atoms with Gasteiger partial charge in [0, 0.05) is 5.92 Å². The maximum absolute atomic E-state index is 3.94. The monoisotopic (exact) mass is 404 g/mol. The van der Waals surface area contributed by atoms with E-state index in [1.807, 2.05) is 0 Å². The summed E-state index contributed by atoms with van der Waals surface area (Å²) in [6.07, 6.45) is 25.6. The van der Waals surface area contributed by atoms with E-state index in [4.69, 9.17) is 0 Å². The predicted molar refractivity (Wildman–Crippen MR) is 131 cm³/mol. The molecular formula is C30H44. The summed E-state index contributed by atoms with van der Waals surface area (Å²) in [7, 11) is 0. The van der Waals surface area contributed by atoms with Crippen LogP contribution in [0.25, 0.3) is 0 Å². The van der Waals surface area contributed by atoms with E-state index in [0.717, 1.165) is 23.7 Å². The maximum Gasteiger partial charge on any atom is 0.00185 e. The maximum atomic E-state index is 3.94. The largest absolute Gasteiger partial charge is 0.102 e. The summed E-state index contributed by atoms with van der Waals surface area (Å²) >= 11 is 0. The zero-order valence-corrected chi connectivity index (χ0v) is 19.4. The Morgan fingerprint density at radius 2 is 1.40 bits per heavy atom. The molecule has 0 radical (unpaired) electrons. The van der Waals surface area contributed by atoms with Gasteiger partial charge in [0.05, 0.1) is 0 Å². The lowest BCUT2D eigenvalue weighted by Crippen LogP contribution is -2.25. The van der Waals surface area contributed by atoms with Gasteiger partial charge in [-0.3, -0.25) is 0 Å². The highest BCUT2D eigenvalue weighted by molar-refractivity contribution is 5.31. The predicted octanol–water partition coefficient (Wildman–Crippen LogP) is 9.19. The summed E-state index contributed by atoms with van der Waals surface area (Å²) < 4.78 is 0. The van der Waals surface area contributed by atoms with Gasteiger partial charge >= 0.3 is 0 Å². The first-order chi connectivity index (χ1) is 14.8. The standard InChI is InChI=1S/C30H44/c1-3-5-6-24-9-13-26(14-10-24)28-17-21-30(22-18-28)29-19-15-27(16-20-29)25-11-7-23(4-2)8-12-25/h4,7,11,15-16,19-20,23-26,28,30H,2-3,5-6,8-10,12-14,17-18,21-22H2,1H3. The first-order valence-corrected chi connectivity index (χ1v) is 13.2. The van der Waals surface area contributed by atoms with Crippen molar-refractivity contribution < 1.29 is 0 Å².